The summed E-state index contributed by atoms with van der Waals surface area (Å²) in [5, 5.41) is 0.799. The minimum absolute atomic E-state index is 0.259. The number of hydrogen-bond acceptors (Lipinski definition) is 2. The van der Waals surface area contributed by atoms with Crippen molar-refractivity contribution in [3.8, 4) is 0 Å². The maximum absolute atomic E-state index is 6.24. The topological polar surface area (TPSA) is 6.48 Å². The highest BCUT2D eigenvalue weighted by atomic mass is 35.5. The Labute approximate surface area is 125 Å². The zero-order chi connectivity index (χ0) is 14.1. The summed E-state index contributed by atoms with van der Waals surface area (Å²) in [6.07, 6.45) is 0. The van der Waals surface area contributed by atoms with E-state index in [1.54, 1.807) is 0 Å². The molecule has 104 valence electrons. The molecule has 20 heavy (non-hydrogen) atoms. The molecule has 1 heterocycles. The molecule has 0 radical (unpaired) electrons. The Morgan fingerprint density at radius 3 is 2.50 bits per heavy atom. The number of fused-ring (bicyclic) bond motifs is 1. The molecule has 1 aliphatic heterocycles. The first kappa shape index (κ1) is 13.5. The molecule has 2 aromatic rings. The lowest BCUT2D eigenvalue weighted by Crippen LogP contribution is -2.29. The van der Waals surface area contributed by atoms with Crippen LogP contribution < -0.4 is 4.90 Å². The van der Waals surface area contributed by atoms with Gasteiger partial charge in [0.2, 0.25) is 0 Å². The average molecular weight is 287 g/mol. The van der Waals surface area contributed by atoms with Gasteiger partial charge in [0, 0.05) is 30.8 Å². The fraction of sp³-hybridized carbons (Fsp3) is 0.294. The van der Waals surface area contributed by atoms with Crippen molar-refractivity contribution in [1.82, 2.24) is 4.90 Å². The predicted molar refractivity (Wildman–Crippen MR) is 85.6 cm³/mol. The van der Waals surface area contributed by atoms with E-state index >= 15 is 0 Å². The molecule has 0 saturated carbocycles. The van der Waals surface area contributed by atoms with Crippen molar-refractivity contribution in [3.63, 3.8) is 0 Å². The van der Waals surface area contributed by atoms with Gasteiger partial charge in [-0.25, -0.2) is 0 Å². The summed E-state index contributed by atoms with van der Waals surface area (Å²) in [6.45, 7) is 2.05. The number of anilines is 1. The summed E-state index contributed by atoms with van der Waals surface area (Å²) in [6, 6.07) is 17.1. The van der Waals surface area contributed by atoms with Crippen LogP contribution >= 0.6 is 11.6 Å². The molecule has 0 N–H and O–H groups in total. The molecule has 1 unspecified atom stereocenters. The number of nitrogens with zero attached hydrogens (tertiary/aromatic N) is 2. The largest absolute Gasteiger partial charge is 0.373 e. The maximum atomic E-state index is 6.24. The molecule has 3 heteroatoms. The molecule has 0 bridgehead atoms. The molecule has 0 spiro atoms. The van der Waals surface area contributed by atoms with Gasteiger partial charge in [-0.3, -0.25) is 4.90 Å². The van der Waals surface area contributed by atoms with Gasteiger partial charge in [-0.2, -0.15) is 0 Å². The number of likely N-dealkylation sites (N-methyl/N-ethyl adjacent to an activating group) is 2. The average Bonchev–Trinajstić information content (AvgIpc) is 2.57. The Morgan fingerprint density at radius 1 is 1.00 bits per heavy atom. The van der Waals surface area contributed by atoms with Gasteiger partial charge in [0.15, 0.2) is 0 Å². The molecule has 3 rings (SSSR count). The molecule has 0 amide bonds. The maximum Gasteiger partial charge on any atom is 0.0620 e. The summed E-state index contributed by atoms with van der Waals surface area (Å²) in [7, 11) is 4.33. The molecule has 0 aromatic heterocycles. The van der Waals surface area contributed by atoms with Crippen LogP contribution in [0.1, 0.15) is 17.2 Å². The van der Waals surface area contributed by atoms with Gasteiger partial charge >= 0.3 is 0 Å². The van der Waals surface area contributed by atoms with Crippen molar-refractivity contribution in [2.75, 3.05) is 32.1 Å². The lowest BCUT2D eigenvalue weighted by molar-refractivity contribution is 0.293. The van der Waals surface area contributed by atoms with Crippen molar-refractivity contribution < 1.29 is 0 Å². The lowest BCUT2D eigenvalue weighted by Gasteiger charge is -2.27. The van der Waals surface area contributed by atoms with Crippen molar-refractivity contribution in [1.29, 1.82) is 0 Å². The Bertz CT molecular complexity index is 597. The van der Waals surface area contributed by atoms with Gasteiger partial charge in [-0.05, 0) is 36.4 Å². The van der Waals surface area contributed by atoms with E-state index in [1.807, 2.05) is 6.07 Å². The first-order chi connectivity index (χ1) is 9.66. The Balaban J connectivity index is 2.17. The van der Waals surface area contributed by atoms with E-state index in [0.717, 1.165) is 18.1 Å². The van der Waals surface area contributed by atoms with Gasteiger partial charge < -0.3 is 4.90 Å². The van der Waals surface area contributed by atoms with Crippen LogP contribution in [-0.2, 0) is 0 Å². The Morgan fingerprint density at radius 2 is 1.75 bits per heavy atom. The molecular weight excluding hydrogens is 268 g/mol. The first-order valence-corrected chi connectivity index (χ1v) is 7.30. The predicted octanol–water partition coefficient (Wildman–Crippen LogP) is 3.81. The van der Waals surface area contributed by atoms with E-state index in [-0.39, 0.29) is 6.04 Å². The van der Waals surface area contributed by atoms with Crippen LogP contribution in [0, 0.1) is 0 Å². The van der Waals surface area contributed by atoms with E-state index in [4.69, 9.17) is 11.6 Å². The number of hydrogen-bond donors (Lipinski definition) is 0. The smallest absolute Gasteiger partial charge is 0.0620 e. The highest BCUT2D eigenvalue weighted by Crippen LogP contribution is 2.37. The van der Waals surface area contributed by atoms with Crippen molar-refractivity contribution in [3.05, 3.63) is 64.7 Å². The third-order valence-corrected chi connectivity index (χ3v) is 4.27. The summed E-state index contributed by atoms with van der Waals surface area (Å²) >= 11 is 6.24. The Hall–Kier alpha value is -1.51. The van der Waals surface area contributed by atoms with E-state index in [2.05, 4.69) is 66.4 Å². The second kappa shape index (κ2) is 5.47. The lowest BCUT2D eigenvalue weighted by atomic mass is 9.96. The number of halogens is 1. The van der Waals surface area contributed by atoms with E-state index < -0.39 is 0 Å². The summed E-state index contributed by atoms with van der Waals surface area (Å²) in [5.74, 6) is 0. The number of rotatable bonds is 1. The van der Waals surface area contributed by atoms with Crippen LogP contribution in [-0.4, -0.2) is 32.1 Å². The molecule has 1 aliphatic rings. The molecule has 1 atom stereocenters. The molecule has 0 aliphatic carbocycles. The molecule has 0 saturated heterocycles. The zero-order valence-corrected chi connectivity index (χ0v) is 12.6. The summed E-state index contributed by atoms with van der Waals surface area (Å²) in [4.78, 5) is 4.71. The molecule has 0 fully saturated rings. The van der Waals surface area contributed by atoms with Crippen LogP contribution in [0.2, 0.25) is 5.02 Å². The van der Waals surface area contributed by atoms with Gasteiger partial charge in [-0.15, -0.1) is 0 Å². The molecule has 2 aromatic carbocycles. The fourth-order valence-corrected chi connectivity index (χ4v) is 3.14. The zero-order valence-electron chi connectivity index (χ0n) is 11.9. The number of benzene rings is 2. The minimum Gasteiger partial charge on any atom is -0.373 e. The molecule has 2 nitrogen and oxygen atoms in total. The summed E-state index contributed by atoms with van der Waals surface area (Å²) in [5.41, 5.74) is 3.87. The summed E-state index contributed by atoms with van der Waals surface area (Å²) < 4.78 is 0. The third kappa shape index (κ3) is 2.41. The van der Waals surface area contributed by atoms with Gasteiger partial charge in [0.1, 0.15) is 0 Å². The van der Waals surface area contributed by atoms with Crippen molar-refractivity contribution in [2.45, 2.75) is 6.04 Å². The first-order valence-electron chi connectivity index (χ1n) is 6.92. The quantitative estimate of drug-likeness (QED) is 0.786. The normalized spacial score (nSPS) is 19.6. The standard InChI is InChI=1S/C17H19ClN2/c1-19-10-11-20(2)17(13-6-4-3-5-7-13)15-12-14(18)8-9-16(15)19/h3-9,12,17H,10-11H2,1-2H3. The highest BCUT2D eigenvalue weighted by Gasteiger charge is 2.26. The molecular formula is C17H19ClN2. The van der Waals surface area contributed by atoms with Crippen molar-refractivity contribution >= 4 is 17.3 Å². The van der Waals surface area contributed by atoms with Crippen LogP contribution in [0.15, 0.2) is 48.5 Å². The van der Waals surface area contributed by atoms with E-state index in [0.29, 0.717) is 0 Å². The van der Waals surface area contributed by atoms with Gasteiger partial charge in [0.25, 0.3) is 0 Å². The van der Waals surface area contributed by atoms with Crippen LogP contribution in [0.4, 0.5) is 5.69 Å². The van der Waals surface area contributed by atoms with Crippen LogP contribution in [0.3, 0.4) is 0 Å². The van der Waals surface area contributed by atoms with Crippen molar-refractivity contribution in [2.24, 2.45) is 0 Å². The monoisotopic (exact) mass is 286 g/mol. The van der Waals surface area contributed by atoms with Gasteiger partial charge in [0.05, 0.1) is 6.04 Å². The highest BCUT2D eigenvalue weighted by molar-refractivity contribution is 6.30. The third-order valence-electron chi connectivity index (χ3n) is 4.04. The fourth-order valence-electron chi connectivity index (χ4n) is 2.96. The second-order valence-corrected chi connectivity index (χ2v) is 5.85. The van der Waals surface area contributed by atoms with Crippen LogP contribution in [0.25, 0.3) is 0 Å². The second-order valence-electron chi connectivity index (χ2n) is 5.42. The van der Waals surface area contributed by atoms with E-state index in [9.17, 15) is 0 Å². The SMILES string of the molecule is CN1CCN(C)C(c2ccccc2)c2cc(Cl)ccc21. The Kier molecular flexibility index (Phi) is 3.68. The van der Waals surface area contributed by atoms with Gasteiger partial charge in [-0.1, -0.05) is 41.9 Å². The van der Waals surface area contributed by atoms with E-state index in [1.165, 1.54) is 16.8 Å². The minimum atomic E-state index is 0.259. The van der Waals surface area contributed by atoms with Crippen LogP contribution in [0.5, 0.6) is 0 Å².